The largest absolute Gasteiger partial charge is 0.231 e. The minimum Gasteiger partial charge on any atom is -0.231 e. The Bertz CT molecular complexity index is 2870. The topological polar surface area (TPSA) is 56.0 Å². The van der Waals surface area contributed by atoms with E-state index >= 15 is 0 Å². The SMILES string of the molecule is c1ccc(-c2nc(-c3ccccc3)nc(-c3ccc(-c4ccc(-c5nn6c(-c7ccccc7)cc7ccccc7c6c5-c5ccccc5)cc4)cc3)n2)cc1. The summed E-state index contributed by atoms with van der Waals surface area (Å²) in [5, 5.41) is 7.74. The fourth-order valence-corrected chi connectivity index (χ4v) is 7.35. The second kappa shape index (κ2) is 13.8. The van der Waals surface area contributed by atoms with Crippen LogP contribution in [0.5, 0.6) is 0 Å². The van der Waals surface area contributed by atoms with Crippen LogP contribution in [-0.4, -0.2) is 24.6 Å². The van der Waals surface area contributed by atoms with Crippen LogP contribution < -0.4 is 0 Å². The van der Waals surface area contributed by atoms with Gasteiger partial charge < -0.3 is 0 Å². The van der Waals surface area contributed by atoms with Gasteiger partial charge in [0.2, 0.25) is 0 Å². The number of pyridine rings is 1. The number of hydrogen-bond acceptors (Lipinski definition) is 4. The molecule has 55 heavy (non-hydrogen) atoms. The number of aromatic nitrogens is 5. The molecule has 0 aliphatic rings. The highest BCUT2D eigenvalue weighted by molar-refractivity contribution is 6.08. The fourth-order valence-electron chi connectivity index (χ4n) is 7.35. The molecule has 0 saturated carbocycles. The van der Waals surface area contributed by atoms with Crippen molar-refractivity contribution in [2.45, 2.75) is 0 Å². The van der Waals surface area contributed by atoms with Gasteiger partial charge in [0, 0.05) is 38.8 Å². The Morgan fingerprint density at radius 3 is 1.25 bits per heavy atom. The van der Waals surface area contributed by atoms with Gasteiger partial charge >= 0.3 is 0 Å². The van der Waals surface area contributed by atoms with Crippen molar-refractivity contribution in [3.8, 4) is 78.9 Å². The molecule has 5 nitrogen and oxygen atoms in total. The monoisotopic (exact) mass is 703 g/mol. The maximum absolute atomic E-state index is 5.39. The Morgan fingerprint density at radius 2 is 0.727 bits per heavy atom. The molecule has 0 atom stereocenters. The lowest BCUT2D eigenvalue weighted by Crippen LogP contribution is -2.00. The van der Waals surface area contributed by atoms with E-state index in [9.17, 15) is 0 Å². The highest BCUT2D eigenvalue weighted by Crippen LogP contribution is 2.41. The van der Waals surface area contributed by atoms with Gasteiger partial charge in [0.25, 0.3) is 0 Å². The van der Waals surface area contributed by atoms with Gasteiger partial charge in [-0.15, -0.1) is 0 Å². The summed E-state index contributed by atoms with van der Waals surface area (Å²) in [6, 6.07) is 69.3. The number of fused-ring (bicyclic) bond motifs is 3. The molecule has 0 unspecified atom stereocenters. The summed E-state index contributed by atoms with van der Waals surface area (Å²) >= 11 is 0. The van der Waals surface area contributed by atoms with E-state index in [1.807, 2.05) is 60.7 Å². The van der Waals surface area contributed by atoms with Gasteiger partial charge in [0.1, 0.15) is 5.69 Å². The number of nitrogens with zero attached hydrogens (tertiary/aromatic N) is 5. The van der Waals surface area contributed by atoms with Crippen LogP contribution in [0, 0.1) is 0 Å². The lowest BCUT2D eigenvalue weighted by atomic mass is 9.95. The third-order valence-electron chi connectivity index (χ3n) is 10.1. The number of benzene rings is 7. The average Bonchev–Trinajstić information content (AvgIpc) is 3.68. The predicted octanol–water partition coefficient (Wildman–Crippen LogP) is 12.3. The van der Waals surface area contributed by atoms with E-state index in [0.29, 0.717) is 17.5 Å². The van der Waals surface area contributed by atoms with Crippen molar-refractivity contribution in [3.05, 3.63) is 200 Å². The molecule has 0 amide bonds. The Balaban J connectivity index is 1.05. The van der Waals surface area contributed by atoms with Gasteiger partial charge in [-0.2, -0.15) is 5.10 Å². The molecule has 7 aromatic carbocycles. The maximum atomic E-state index is 5.39. The number of rotatable bonds is 7. The minimum absolute atomic E-state index is 0.636. The molecule has 0 radical (unpaired) electrons. The summed E-state index contributed by atoms with van der Waals surface area (Å²) in [6.45, 7) is 0. The Labute approximate surface area is 318 Å². The highest BCUT2D eigenvalue weighted by atomic mass is 15.2. The first-order valence-electron chi connectivity index (χ1n) is 18.4. The molecule has 0 spiro atoms. The second-order valence-corrected chi connectivity index (χ2v) is 13.5. The molecular formula is C50H33N5. The van der Waals surface area contributed by atoms with Crippen molar-refractivity contribution in [3.63, 3.8) is 0 Å². The lowest BCUT2D eigenvalue weighted by molar-refractivity contribution is 0.979. The zero-order valence-electron chi connectivity index (χ0n) is 29.8. The van der Waals surface area contributed by atoms with Crippen molar-refractivity contribution in [1.29, 1.82) is 0 Å². The molecular weight excluding hydrogens is 671 g/mol. The summed E-state index contributed by atoms with van der Waals surface area (Å²) in [5.41, 5.74) is 12.6. The molecule has 0 bridgehead atoms. The van der Waals surface area contributed by atoms with Gasteiger partial charge in [-0.25, -0.2) is 19.5 Å². The summed E-state index contributed by atoms with van der Waals surface area (Å²) in [6.07, 6.45) is 0. The van der Waals surface area contributed by atoms with E-state index in [1.54, 1.807) is 0 Å². The first-order chi connectivity index (χ1) is 27.3. The zero-order chi connectivity index (χ0) is 36.6. The molecule has 0 N–H and O–H groups in total. The van der Waals surface area contributed by atoms with Crippen LogP contribution in [0.25, 0.3) is 95.2 Å². The van der Waals surface area contributed by atoms with Gasteiger partial charge in [-0.3, -0.25) is 0 Å². The van der Waals surface area contributed by atoms with E-state index in [0.717, 1.165) is 67.0 Å². The highest BCUT2D eigenvalue weighted by Gasteiger charge is 2.21. The molecule has 0 aliphatic heterocycles. The van der Waals surface area contributed by atoms with Crippen LogP contribution >= 0.6 is 0 Å². The summed E-state index contributed by atoms with van der Waals surface area (Å²) < 4.78 is 2.13. The van der Waals surface area contributed by atoms with Crippen molar-refractivity contribution in [2.75, 3.05) is 0 Å². The van der Waals surface area contributed by atoms with E-state index < -0.39 is 0 Å². The standard InChI is InChI=1S/C50H33N5/c1-5-15-36(16-6-1)44-33-42-23-13-14-24-43(42)47-45(37-17-7-2-8-18-37)46(54-55(44)47)38-29-25-34(26-30-38)35-27-31-41(32-28-35)50-52-48(39-19-9-3-10-20-39)51-49(53-50)40-21-11-4-12-22-40/h1-33H. The van der Waals surface area contributed by atoms with E-state index in [4.69, 9.17) is 20.1 Å². The number of hydrogen-bond donors (Lipinski definition) is 0. The first-order valence-corrected chi connectivity index (χ1v) is 18.4. The van der Waals surface area contributed by atoms with Crippen LogP contribution in [0.15, 0.2) is 200 Å². The van der Waals surface area contributed by atoms with E-state index in [2.05, 4.69) is 144 Å². The van der Waals surface area contributed by atoms with Gasteiger partial charge in [-0.1, -0.05) is 194 Å². The quantitative estimate of drug-likeness (QED) is 0.166. The van der Waals surface area contributed by atoms with Gasteiger partial charge in [0.05, 0.1) is 11.2 Å². The lowest BCUT2D eigenvalue weighted by Gasteiger charge is -2.10. The smallest absolute Gasteiger partial charge is 0.164 e. The third kappa shape index (κ3) is 6.04. The molecule has 0 fully saturated rings. The zero-order valence-corrected chi connectivity index (χ0v) is 29.8. The molecule has 3 aromatic heterocycles. The Kier molecular flexibility index (Phi) is 8.08. The van der Waals surface area contributed by atoms with Gasteiger partial charge in [0.15, 0.2) is 17.5 Å². The van der Waals surface area contributed by atoms with Gasteiger partial charge in [-0.05, 0) is 28.1 Å². The Morgan fingerprint density at radius 1 is 0.327 bits per heavy atom. The molecule has 0 aliphatic carbocycles. The molecule has 5 heteroatoms. The van der Waals surface area contributed by atoms with Crippen LogP contribution in [-0.2, 0) is 0 Å². The second-order valence-electron chi connectivity index (χ2n) is 13.5. The van der Waals surface area contributed by atoms with Crippen LogP contribution in [0.1, 0.15) is 0 Å². The predicted molar refractivity (Wildman–Crippen MR) is 224 cm³/mol. The molecule has 10 aromatic rings. The normalized spacial score (nSPS) is 11.3. The third-order valence-corrected chi connectivity index (χ3v) is 10.1. The van der Waals surface area contributed by atoms with Crippen molar-refractivity contribution in [1.82, 2.24) is 24.6 Å². The van der Waals surface area contributed by atoms with Crippen LogP contribution in [0.3, 0.4) is 0 Å². The van der Waals surface area contributed by atoms with Crippen molar-refractivity contribution >= 4 is 16.3 Å². The summed E-state index contributed by atoms with van der Waals surface area (Å²) in [5.74, 6) is 1.93. The minimum atomic E-state index is 0.636. The fraction of sp³-hybridized carbons (Fsp3) is 0. The van der Waals surface area contributed by atoms with Crippen LogP contribution in [0.2, 0.25) is 0 Å². The Hall–Kier alpha value is -7.50. The average molecular weight is 704 g/mol. The van der Waals surface area contributed by atoms with Crippen molar-refractivity contribution < 1.29 is 0 Å². The van der Waals surface area contributed by atoms with E-state index in [-0.39, 0.29) is 0 Å². The first kappa shape index (κ1) is 32.2. The summed E-state index contributed by atoms with van der Waals surface area (Å²) in [4.78, 5) is 14.7. The molecule has 3 heterocycles. The molecule has 10 rings (SSSR count). The summed E-state index contributed by atoms with van der Waals surface area (Å²) in [7, 11) is 0. The maximum Gasteiger partial charge on any atom is 0.164 e. The molecule has 258 valence electrons. The van der Waals surface area contributed by atoms with E-state index in [1.165, 1.54) is 10.8 Å². The molecule has 0 saturated heterocycles. The van der Waals surface area contributed by atoms with Crippen molar-refractivity contribution in [2.24, 2.45) is 0 Å². The van der Waals surface area contributed by atoms with Crippen LogP contribution in [0.4, 0.5) is 0 Å².